The van der Waals surface area contributed by atoms with Gasteiger partial charge in [-0.05, 0) is 42.6 Å². The maximum absolute atomic E-state index is 9.10. The molecule has 0 aliphatic heterocycles. The van der Waals surface area contributed by atoms with Crippen LogP contribution >= 0.6 is 0 Å². The molecule has 5 heteroatoms. The highest BCUT2D eigenvalue weighted by Crippen LogP contribution is 2.40. The summed E-state index contributed by atoms with van der Waals surface area (Å²) in [4.78, 5) is 18.2. The number of carboxylic acid groups (broad SMARTS) is 2. The van der Waals surface area contributed by atoms with E-state index in [1.807, 2.05) is 0 Å². The molecule has 5 nitrogen and oxygen atoms in total. The number of aliphatic carboxylic acids is 2. The summed E-state index contributed by atoms with van der Waals surface area (Å²) in [5, 5.41) is 18.5. The van der Waals surface area contributed by atoms with Crippen LogP contribution in [0.1, 0.15) is 58.4 Å². The maximum Gasteiger partial charge on any atom is 0.414 e. The average Bonchev–Trinajstić information content (AvgIpc) is 2.61. The van der Waals surface area contributed by atoms with Crippen molar-refractivity contribution in [1.82, 2.24) is 5.32 Å². The standard InChI is InChI=1S/C18H29N.C2H2O4/c1-4-18(2,3)16-10-12-17(13-11-16)19-14-15-8-6-5-7-9-15;3-1(4)2(5)6/h5-9,16-17,19H,4,10-14H2,1-3H3;(H,3,4)(H,5,6). The van der Waals surface area contributed by atoms with Gasteiger partial charge in [0, 0.05) is 12.6 Å². The van der Waals surface area contributed by atoms with Crippen LogP contribution < -0.4 is 5.32 Å². The van der Waals surface area contributed by atoms with Gasteiger partial charge in [-0.2, -0.15) is 0 Å². The van der Waals surface area contributed by atoms with E-state index in [-0.39, 0.29) is 0 Å². The molecule has 1 aromatic carbocycles. The molecule has 1 saturated carbocycles. The van der Waals surface area contributed by atoms with Gasteiger partial charge in [-0.15, -0.1) is 0 Å². The minimum Gasteiger partial charge on any atom is -0.473 e. The first kappa shape index (κ1) is 21.2. The van der Waals surface area contributed by atoms with Crippen LogP contribution in [-0.4, -0.2) is 28.2 Å². The van der Waals surface area contributed by atoms with Gasteiger partial charge in [0.05, 0.1) is 0 Å². The Morgan fingerprint density at radius 2 is 1.56 bits per heavy atom. The van der Waals surface area contributed by atoms with Crippen LogP contribution in [0, 0.1) is 11.3 Å². The highest BCUT2D eigenvalue weighted by molar-refractivity contribution is 6.27. The molecular weight excluding hydrogens is 318 g/mol. The lowest BCUT2D eigenvalue weighted by Crippen LogP contribution is -2.36. The molecule has 0 heterocycles. The first-order valence-electron chi connectivity index (χ1n) is 8.99. The third-order valence-corrected chi connectivity index (χ3v) is 5.36. The van der Waals surface area contributed by atoms with Gasteiger partial charge < -0.3 is 15.5 Å². The smallest absolute Gasteiger partial charge is 0.414 e. The van der Waals surface area contributed by atoms with E-state index in [0.717, 1.165) is 18.5 Å². The molecule has 1 aliphatic carbocycles. The molecule has 0 atom stereocenters. The van der Waals surface area contributed by atoms with Gasteiger partial charge >= 0.3 is 11.9 Å². The summed E-state index contributed by atoms with van der Waals surface area (Å²) in [5.74, 6) is -2.72. The van der Waals surface area contributed by atoms with Gasteiger partial charge in [0.1, 0.15) is 0 Å². The zero-order valence-electron chi connectivity index (χ0n) is 15.5. The number of carboxylic acids is 2. The van der Waals surface area contributed by atoms with Crippen LogP contribution in [0.15, 0.2) is 30.3 Å². The summed E-state index contributed by atoms with van der Waals surface area (Å²) in [6, 6.07) is 11.5. The normalized spacial score (nSPS) is 20.3. The Morgan fingerprint density at radius 1 is 1.04 bits per heavy atom. The molecule has 2 rings (SSSR count). The Hall–Kier alpha value is -1.88. The summed E-state index contributed by atoms with van der Waals surface area (Å²) < 4.78 is 0. The quantitative estimate of drug-likeness (QED) is 0.701. The predicted octanol–water partition coefficient (Wildman–Crippen LogP) is 3.93. The lowest BCUT2D eigenvalue weighted by atomic mass is 9.69. The van der Waals surface area contributed by atoms with E-state index in [1.54, 1.807) is 0 Å². The second kappa shape index (κ2) is 10.2. The van der Waals surface area contributed by atoms with E-state index in [2.05, 4.69) is 56.4 Å². The van der Waals surface area contributed by atoms with Crippen LogP contribution in [0.4, 0.5) is 0 Å². The van der Waals surface area contributed by atoms with E-state index in [9.17, 15) is 0 Å². The third-order valence-electron chi connectivity index (χ3n) is 5.36. The van der Waals surface area contributed by atoms with Gasteiger partial charge in [0.2, 0.25) is 0 Å². The van der Waals surface area contributed by atoms with E-state index >= 15 is 0 Å². The van der Waals surface area contributed by atoms with E-state index in [1.165, 1.54) is 37.7 Å². The first-order chi connectivity index (χ1) is 11.8. The lowest BCUT2D eigenvalue weighted by Gasteiger charge is -2.39. The van der Waals surface area contributed by atoms with Gasteiger partial charge in [-0.1, -0.05) is 57.5 Å². The van der Waals surface area contributed by atoms with Gasteiger partial charge in [-0.25, -0.2) is 9.59 Å². The minimum atomic E-state index is -1.82. The average molecular weight is 349 g/mol. The number of carbonyl (C=O) groups is 2. The van der Waals surface area contributed by atoms with Crippen LogP contribution in [-0.2, 0) is 16.1 Å². The number of hydrogen-bond donors (Lipinski definition) is 3. The fraction of sp³-hybridized carbons (Fsp3) is 0.600. The molecule has 0 unspecified atom stereocenters. The molecule has 1 aliphatic rings. The fourth-order valence-corrected chi connectivity index (χ4v) is 3.23. The Balaban J connectivity index is 0.000000450. The van der Waals surface area contributed by atoms with Crippen LogP contribution in [0.2, 0.25) is 0 Å². The zero-order chi connectivity index (χ0) is 18.9. The highest BCUT2D eigenvalue weighted by atomic mass is 16.4. The molecule has 3 N–H and O–H groups in total. The number of rotatable bonds is 5. The molecule has 140 valence electrons. The minimum absolute atomic E-state index is 0.532. The predicted molar refractivity (Wildman–Crippen MR) is 98.4 cm³/mol. The molecule has 0 bridgehead atoms. The van der Waals surface area contributed by atoms with Crippen molar-refractivity contribution in [3.05, 3.63) is 35.9 Å². The Kier molecular flexibility index (Phi) is 8.62. The van der Waals surface area contributed by atoms with Crippen molar-refractivity contribution in [2.75, 3.05) is 0 Å². The number of benzene rings is 1. The topological polar surface area (TPSA) is 86.6 Å². The maximum atomic E-state index is 9.10. The summed E-state index contributed by atoms with van der Waals surface area (Å²) in [7, 11) is 0. The van der Waals surface area contributed by atoms with Crippen LogP contribution in [0.5, 0.6) is 0 Å². The monoisotopic (exact) mass is 349 g/mol. The number of nitrogens with one attached hydrogen (secondary N) is 1. The van der Waals surface area contributed by atoms with Crippen molar-refractivity contribution in [3.8, 4) is 0 Å². The van der Waals surface area contributed by atoms with Crippen molar-refractivity contribution in [2.45, 2.75) is 65.5 Å². The third kappa shape index (κ3) is 7.69. The second-order valence-corrected chi connectivity index (χ2v) is 7.37. The molecule has 0 spiro atoms. The summed E-state index contributed by atoms with van der Waals surface area (Å²) in [6.45, 7) is 8.23. The van der Waals surface area contributed by atoms with Crippen molar-refractivity contribution in [1.29, 1.82) is 0 Å². The van der Waals surface area contributed by atoms with Crippen LogP contribution in [0.25, 0.3) is 0 Å². The van der Waals surface area contributed by atoms with Crippen molar-refractivity contribution < 1.29 is 19.8 Å². The summed E-state index contributed by atoms with van der Waals surface area (Å²) in [5.41, 5.74) is 1.93. The summed E-state index contributed by atoms with van der Waals surface area (Å²) >= 11 is 0. The first-order valence-corrected chi connectivity index (χ1v) is 8.99. The molecular formula is C20H31NO4. The second-order valence-electron chi connectivity index (χ2n) is 7.37. The molecule has 0 amide bonds. The van der Waals surface area contributed by atoms with Gasteiger partial charge in [0.15, 0.2) is 0 Å². The van der Waals surface area contributed by atoms with Crippen molar-refractivity contribution in [2.24, 2.45) is 11.3 Å². The van der Waals surface area contributed by atoms with Gasteiger partial charge in [0.25, 0.3) is 0 Å². The molecule has 1 aromatic rings. The highest BCUT2D eigenvalue weighted by Gasteiger charge is 2.31. The largest absolute Gasteiger partial charge is 0.473 e. The SMILES string of the molecule is CCC(C)(C)C1CCC(NCc2ccccc2)CC1.O=C(O)C(=O)O. The van der Waals surface area contributed by atoms with Crippen molar-refractivity contribution >= 4 is 11.9 Å². The molecule has 0 saturated heterocycles. The Morgan fingerprint density at radius 3 is 2.00 bits per heavy atom. The summed E-state index contributed by atoms with van der Waals surface area (Å²) in [6.07, 6.45) is 6.79. The van der Waals surface area contributed by atoms with E-state index in [4.69, 9.17) is 19.8 Å². The molecule has 0 aromatic heterocycles. The molecule has 0 radical (unpaired) electrons. The van der Waals surface area contributed by atoms with Gasteiger partial charge in [-0.3, -0.25) is 0 Å². The number of hydrogen-bond acceptors (Lipinski definition) is 3. The van der Waals surface area contributed by atoms with Crippen molar-refractivity contribution in [3.63, 3.8) is 0 Å². The Bertz CT molecular complexity index is 522. The van der Waals surface area contributed by atoms with Crippen LogP contribution in [0.3, 0.4) is 0 Å². The van der Waals surface area contributed by atoms with E-state index in [0.29, 0.717) is 5.41 Å². The molecule has 1 fully saturated rings. The Labute approximate surface area is 150 Å². The lowest BCUT2D eigenvalue weighted by molar-refractivity contribution is -0.159. The van der Waals surface area contributed by atoms with E-state index < -0.39 is 11.9 Å². The fourth-order valence-electron chi connectivity index (χ4n) is 3.23. The zero-order valence-corrected chi connectivity index (χ0v) is 15.5. The molecule has 25 heavy (non-hydrogen) atoms.